The molecule has 6 heteroatoms. The van der Waals surface area contributed by atoms with Crippen molar-refractivity contribution in [3.05, 3.63) is 35.5 Å². The topological polar surface area (TPSA) is 73.6 Å². The Kier molecular flexibility index (Phi) is 4.85. The first-order valence-corrected chi connectivity index (χ1v) is 8.09. The summed E-state index contributed by atoms with van der Waals surface area (Å²) in [6.45, 7) is 4.42. The lowest BCUT2D eigenvalue weighted by atomic mass is 10.1. The van der Waals surface area contributed by atoms with E-state index in [2.05, 4.69) is 23.5 Å². The predicted molar refractivity (Wildman–Crippen MR) is 88.9 cm³/mol. The Morgan fingerprint density at radius 1 is 1.46 bits per heavy atom. The van der Waals surface area contributed by atoms with E-state index in [1.165, 1.54) is 5.56 Å². The molecule has 1 N–H and O–H groups in total. The molecule has 2 heterocycles. The Bertz CT molecular complexity index is 726. The average Bonchev–Trinajstić information content (AvgIpc) is 3.11. The Morgan fingerprint density at radius 2 is 2.29 bits per heavy atom. The third kappa shape index (κ3) is 3.76. The van der Waals surface area contributed by atoms with Gasteiger partial charge in [-0.2, -0.15) is 0 Å². The van der Waals surface area contributed by atoms with Crippen molar-refractivity contribution in [2.24, 2.45) is 0 Å². The van der Waals surface area contributed by atoms with Gasteiger partial charge in [0.05, 0.1) is 18.7 Å². The summed E-state index contributed by atoms with van der Waals surface area (Å²) in [5.41, 5.74) is 2.72. The fourth-order valence-corrected chi connectivity index (χ4v) is 2.89. The summed E-state index contributed by atoms with van der Waals surface area (Å²) < 4.78 is 16.1. The van der Waals surface area contributed by atoms with Gasteiger partial charge in [0.15, 0.2) is 5.76 Å². The second-order valence-corrected chi connectivity index (χ2v) is 6.24. The number of fused-ring (bicyclic) bond motifs is 1. The molecule has 2 unspecified atom stereocenters. The van der Waals surface area contributed by atoms with E-state index in [1.807, 2.05) is 25.1 Å². The molecule has 1 amide bonds. The summed E-state index contributed by atoms with van der Waals surface area (Å²) in [7, 11) is 1.61. The first kappa shape index (κ1) is 16.5. The monoisotopic (exact) mass is 330 g/mol. The van der Waals surface area contributed by atoms with Gasteiger partial charge in [0.25, 0.3) is 0 Å². The predicted octanol–water partition coefficient (Wildman–Crippen LogP) is 2.36. The minimum atomic E-state index is -0.101. The number of carbonyl (C=O) groups excluding carboxylic acids is 1. The highest BCUT2D eigenvalue weighted by Crippen LogP contribution is 2.33. The third-order valence-corrected chi connectivity index (χ3v) is 3.91. The van der Waals surface area contributed by atoms with E-state index in [0.29, 0.717) is 18.1 Å². The van der Waals surface area contributed by atoms with Gasteiger partial charge in [0.1, 0.15) is 11.9 Å². The molecule has 0 radical (unpaired) electrons. The number of carbonyl (C=O) groups is 1. The Morgan fingerprint density at radius 3 is 3.08 bits per heavy atom. The smallest absolute Gasteiger partial charge is 0.226 e. The first-order valence-electron chi connectivity index (χ1n) is 8.09. The summed E-state index contributed by atoms with van der Waals surface area (Å²) >= 11 is 0. The molecule has 3 rings (SSSR count). The van der Waals surface area contributed by atoms with Gasteiger partial charge in [-0.05, 0) is 37.6 Å². The average molecular weight is 330 g/mol. The molecule has 1 aliphatic heterocycles. The van der Waals surface area contributed by atoms with E-state index < -0.39 is 0 Å². The fourth-order valence-electron chi connectivity index (χ4n) is 2.89. The van der Waals surface area contributed by atoms with Crippen LogP contribution in [0.25, 0.3) is 11.3 Å². The molecule has 0 saturated carbocycles. The Labute approximate surface area is 141 Å². The molecule has 0 aliphatic carbocycles. The lowest BCUT2D eigenvalue weighted by Crippen LogP contribution is -2.36. The van der Waals surface area contributed by atoms with Gasteiger partial charge in [0, 0.05) is 31.2 Å². The quantitative estimate of drug-likeness (QED) is 0.880. The third-order valence-electron chi connectivity index (χ3n) is 3.91. The number of hydrogen-bond donors (Lipinski definition) is 1. The maximum atomic E-state index is 12.0. The molecule has 1 aromatic carbocycles. The summed E-state index contributed by atoms with van der Waals surface area (Å²) in [5, 5.41) is 6.85. The summed E-state index contributed by atoms with van der Waals surface area (Å²) in [6.07, 6.45) is 1.28. The van der Waals surface area contributed by atoms with Crippen LogP contribution in [0, 0.1) is 0 Å². The number of aromatic nitrogens is 1. The van der Waals surface area contributed by atoms with E-state index in [1.54, 1.807) is 7.11 Å². The second-order valence-electron chi connectivity index (χ2n) is 6.24. The lowest BCUT2D eigenvalue weighted by Gasteiger charge is -2.11. The highest BCUT2D eigenvalue weighted by atomic mass is 16.5. The van der Waals surface area contributed by atoms with E-state index in [9.17, 15) is 4.79 Å². The van der Waals surface area contributed by atoms with Crippen LogP contribution < -0.4 is 10.1 Å². The molecule has 2 atom stereocenters. The molecule has 2 aromatic rings. The van der Waals surface area contributed by atoms with Gasteiger partial charge in [-0.1, -0.05) is 5.16 Å². The molecule has 6 nitrogen and oxygen atoms in total. The van der Waals surface area contributed by atoms with Crippen LogP contribution in [0.4, 0.5) is 0 Å². The number of rotatable bonds is 6. The van der Waals surface area contributed by atoms with Gasteiger partial charge < -0.3 is 19.3 Å². The van der Waals surface area contributed by atoms with Crippen LogP contribution in [-0.2, 0) is 22.4 Å². The molecule has 0 fully saturated rings. The zero-order valence-electron chi connectivity index (χ0n) is 14.2. The fraction of sp³-hybridized carbons (Fsp3) is 0.444. The number of nitrogens with zero attached hydrogens (tertiary/aromatic N) is 1. The van der Waals surface area contributed by atoms with Crippen LogP contribution in [0.3, 0.4) is 0 Å². The molecular weight excluding hydrogens is 308 g/mol. The van der Waals surface area contributed by atoms with Crippen molar-refractivity contribution in [1.29, 1.82) is 0 Å². The molecule has 24 heavy (non-hydrogen) atoms. The van der Waals surface area contributed by atoms with Gasteiger partial charge >= 0.3 is 0 Å². The highest BCUT2D eigenvalue weighted by molar-refractivity contribution is 5.78. The van der Waals surface area contributed by atoms with Gasteiger partial charge in [-0.15, -0.1) is 0 Å². The van der Waals surface area contributed by atoms with Gasteiger partial charge in [0.2, 0.25) is 5.91 Å². The van der Waals surface area contributed by atoms with E-state index in [4.69, 9.17) is 14.0 Å². The zero-order chi connectivity index (χ0) is 17.1. The van der Waals surface area contributed by atoms with Crippen molar-refractivity contribution in [3.63, 3.8) is 0 Å². The van der Waals surface area contributed by atoms with Crippen molar-refractivity contribution < 1.29 is 18.8 Å². The first-order chi connectivity index (χ1) is 11.5. The molecule has 0 spiro atoms. The zero-order valence-corrected chi connectivity index (χ0v) is 14.2. The number of nitrogens with one attached hydrogen (secondary N) is 1. The Hall–Kier alpha value is -2.34. The van der Waals surface area contributed by atoms with Crippen LogP contribution in [0.2, 0.25) is 0 Å². The summed E-state index contributed by atoms with van der Waals surface area (Å²) in [6, 6.07) is 7.73. The highest BCUT2D eigenvalue weighted by Gasteiger charge is 2.20. The van der Waals surface area contributed by atoms with Crippen LogP contribution in [0.15, 0.2) is 28.8 Å². The molecule has 128 valence electrons. The van der Waals surface area contributed by atoms with Crippen molar-refractivity contribution >= 4 is 5.91 Å². The minimum absolute atomic E-state index is 0.0347. The molecule has 0 saturated heterocycles. The molecule has 0 bridgehead atoms. The van der Waals surface area contributed by atoms with E-state index in [-0.39, 0.29) is 24.5 Å². The van der Waals surface area contributed by atoms with Crippen LogP contribution >= 0.6 is 0 Å². The number of methoxy groups -OCH3 is 1. The second kappa shape index (κ2) is 7.05. The maximum absolute atomic E-state index is 12.0. The van der Waals surface area contributed by atoms with Crippen LogP contribution in [-0.4, -0.2) is 36.9 Å². The molecule has 1 aliphatic rings. The minimum Gasteiger partial charge on any atom is -0.490 e. The number of ether oxygens (including phenoxy) is 2. The summed E-state index contributed by atoms with van der Waals surface area (Å²) in [5.74, 6) is 1.48. The lowest BCUT2D eigenvalue weighted by molar-refractivity contribution is -0.121. The van der Waals surface area contributed by atoms with Gasteiger partial charge in [-0.3, -0.25) is 4.79 Å². The standard InChI is InChI=1S/C18H22N2O4/c1-11(10-22-3)19-18(21)9-15-8-17(24-20-15)13-4-5-16-14(7-13)6-12(2)23-16/h4-5,7-8,11-12H,6,9-10H2,1-3H3,(H,19,21). The molecule has 1 aromatic heterocycles. The number of benzene rings is 1. The van der Waals surface area contributed by atoms with Crippen LogP contribution in [0.1, 0.15) is 25.1 Å². The van der Waals surface area contributed by atoms with Crippen LogP contribution in [0.5, 0.6) is 5.75 Å². The van der Waals surface area contributed by atoms with E-state index >= 15 is 0 Å². The SMILES string of the molecule is COCC(C)NC(=O)Cc1cc(-c2ccc3c(c2)CC(C)O3)on1. The van der Waals surface area contributed by atoms with Crippen molar-refractivity contribution in [2.45, 2.75) is 38.8 Å². The molecular formula is C18H22N2O4. The number of hydrogen-bond acceptors (Lipinski definition) is 5. The summed E-state index contributed by atoms with van der Waals surface area (Å²) in [4.78, 5) is 12.0. The van der Waals surface area contributed by atoms with E-state index in [0.717, 1.165) is 17.7 Å². The van der Waals surface area contributed by atoms with Crippen molar-refractivity contribution in [2.75, 3.05) is 13.7 Å². The van der Waals surface area contributed by atoms with Crippen molar-refractivity contribution in [1.82, 2.24) is 10.5 Å². The number of amides is 1. The van der Waals surface area contributed by atoms with Gasteiger partial charge in [-0.25, -0.2) is 0 Å². The normalized spacial score (nSPS) is 17.2. The van der Waals surface area contributed by atoms with Crippen molar-refractivity contribution in [3.8, 4) is 17.1 Å². The largest absolute Gasteiger partial charge is 0.490 e. The Balaban J connectivity index is 1.66. The maximum Gasteiger partial charge on any atom is 0.226 e.